The van der Waals surface area contributed by atoms with Gasteiger partial charge in [-0.3, -0.25) is 0 Å². The molecule has 0 atom stereocenters. The van der Waals surface area contributed by atoms with Gasteiger partial charge >= 0.3 is 0 Å². The van der Waals surface area contributed by atoms with Crippen molar-refractivity contribution in [1.29, 1.82) is 0 Å². The Balaban J connectivity index is 2.04. The van der Waals surface area contributed by atoms with Gasteiger partial charge in [-0.1, -0.05) is 23.2 Å². The Hall–Kier alpha value is -0.900. The second-order valence-corrected chi connectivity index (χ2v) is 5.53. The van der Waals surface area contributed by atoms with E-state index >= 15 is 0 Å². The lowest BCUT2D eigenvalue weighted by molar-refractivity contribution is 1.19. The van der Waals surface area contributed by atoms with Crippen molar-refractivity contribution < 1.29 is 0 Å². The molecule has 0 bridgehead atoms. The summed E-state index contributed by atoms with van der Waals surface area (Å²) in [5.41, 5.74) is 7.35. The Bertz CT molecular complexity index is 496. The molecule has 2 nitrogen and oxygen atoms in total. The molecule has 1 heterocycles. The average molecular weight is 273 g/mol. The molecule has 84 valence electrons. The summed E-state index contributed by atoms with van der Waals surface area (Å²) in [5.74, 6) is 0. The minimum absolute atomic E-state index is 0.641. The number of nitrogens with two attached hydrogens (primary N) is 1. The smallest absolute Gasteiger partial charge is 0.0931 e. The average Bonchev–Trinajstić information content (AvgIpc) is 2.63. The minimum atomic E-state index is 0.641. The van der Waals surface area contributed by atoms with Crippen LogP contribution in [0.25, 0.3) is 0 Å². The van der Waals surface area contributed by atoms with Crippen molar-refractivity contribution in [2.75, 3.05) is 11.1 Å². The van der Waals surface area contributed by atoms with Gasteiger partial charge in [0.1, 0.15) is 0 Å². The van der Waals surface area contributed by atoms with E-state index in [-0.39, 0.29) is 0 Å². The van der Waals surface area contributed by atoms with Gasteiger partial charge in [-0.15, -0.1) is 11.3 Å². The molecular weight excluding hydrogens is 263 g/mol. The molecule has 3 N–H and O–H groups in total. The van der Waals surface area contributed by atoms with Crippen LogP contribution in [0.4, 0.5) is 11.4 Å². The molecule has 0 aliphatic rings. The highest BCUT2D eigenvalue weighted by Crippen LogP contribution is 2.25. The zero-order valence-electron chi connectivity index (χ0n) is 8.34. The first-order chi connectivity index (χ1) is 7.65. The number of halogens is 2. The fourth-order valence-electron chi connectivity index (χ4n) is 1.32. The Morgan fingerprint density at radius 2 is 2.00 bits per heavy atom. The number of rotatable bonds is 3. The maximum atomic E-state index is 5.84. The third-order valence-corrected chi connectivity index (χ3v) is 3.56. The first-order valence-electron chi connectivity index (χ1n) is 4.68. The molecule has 0 fully saturated rings. The highest BCUT2D eigenvalue weighted by Gasteiger charge is 2.01. The van der Waals surface area contributed by atoms with Crippen LogP contribution in [0, 0.1) is 0 Å². The fourth-order valence-corrected chi connectivity index (χ4v) is 2.53. The van der Waals surface area contributed by atoms with Crippen LogP contribution in [0.5, 0.6) is 0 Å². The van der Waals surface area contributed by atoms with Crippen molar-refractivity contribution >= 4 is 45.9 Å². The van der Waals surface area contributed by atoms with E-state index in [1.54, 1.807) is 17.4 Å². The topological polar surface area (TPSA) is 38.0 Å². The number of hydrogen-bond acceptors (Lipinski definition) is 3. The summed E-state index contributed by atoms with van der Waals surface area (Å²) in [5, 5.41) is 3.88. The molecule has 0 aliphatic heterocycles. The second kappa shape index (κ2) is 4.95. The summed E-state index contributed by atoms with van der Waals surface area (Å²) in [6.07, 6.45) is 0. The molecule has 2 aromatic rings. The van der Waals surface area contributed by atoms with E-state index in [2.05, 4.69) is 5.32 Å². The van der Waals surface area contributed by atoms with Gasteiger partial charge in [-0.2, -0.15) is 0 Å². The first-order valence-corrected chi connectivity index (χ1v) is 6.25. The third-order valence-electron chi connectivity index (χ3n) is 2.10. The van der Waals surface area contributed by atoms with E-state index < -0.39 is 0 Å². The summed E-state index contributed by atoms with van der Waals surface area (Å²) < 4.78 is 0.792. The van der Waals surface area contributed by atoms with E-state index in [9.17, 15) is 0 Å². The standard InChI is InChI=1S/C11H10Cl2N2S/c12-7-1-3-10(9(14)5-7)15-6-8-2-4-11(13)16-8/h1-5,15H,6,14H2. The van der Waals surface area contributed by atoms with E-state index in [1.807, 2.05) is 24.3 Å². The monoisotopic (exact) mass is 272 g/mol. The van der Waals surface area contributed by atoms with Crippen LogP contribution < -0.4 is 11.1 Å². The predicted octanol–water partition coefficient (Wildman–Crippen LogP) is 4.25. The number of benzene rings is 1. The Morgan fingerprint density at radius 1 is 1.19 bits per heavy atom. The van der Waals surface area contributed by atoms with Gasteiger partial charge in [0.15, 0.2) is 0 Å². The Labute approximate surface area is 108 Å². The number of thiophene rings is 1. The molecule has 0 spiro atoms. The minimum Gasteiger partial charge on any atom is -0.397 e. The summed E-state index contributed by atoms with van der Waals surface area (Å²) in [6, 6.07) is 9.28. The van der Waals surface area contributed by atoms with Gasteiger partial charge in [0.05, 0.1) is 15.7 Å². The van der Waals surface area contributed by atoms with Crippen LogP contribution in [-0.2, 0) is 6.54 Å². The molecule has 0 radical (unpaired) electrons. The lowest BCUT2D eigenvalue weighted by Gasteiger charge is -2.08. The van der Waals surface area contributed by atoms with Gasteiger partial charge in [-0.25, -0.2) is 0 Å². The molecule has 2 rings (SSSR count). The molecule has 1 aromatic heterocycles. The molecule has 1 aromatic carbocycles. The van der Waals surface area contributed by atoms with Crippen molar-refractivity contribution in [3.63, 3.8) is 0 Å². The maximum Gasteiger partial charge on any atom is 0.0931 e. The van der Waals surface area contributed by atoms with Crippen LogP contribution in [0.1, 0.15) is 4.88 Å². The van der Waals surface area contributed by atoms with Crippen molar-refractivity contribution in [3.8, 4) is 0 Å². The molecule has 5 heteroatoms. The van der Waals surface area contributed by atoms with Gasteiger partial charge in [0.2, 0.25) is 0 Å². The largest absolute Gasteiger partial charge is 0.397 e. The SMILES string of the molecule is Nc1cc(Cl)ccc1NCc1ccc(Cl)s1. The predicted molar refractivity (Wildman–Crippen MR) is 72.5 cm³/mol. The van der Waals surface area contributed by atoms with Crippen molar-refractivity contribution in [2.24, 2.45) is 0 Å². The summed E-state index contributed by atoms with van der Waals surface area (Å²) in [4.78, 5) is 1.17. The van der Waals surface area contributed by atoms with Crippen LogP contribution in [0.2, 0.25) is 9.36 Å². The van der Waals surface area contributed by atoms with E-state index in [4.69, 9.17) is 28.9 Å². The zero-order valence-corrected chi connectivity index (χ0v) is 10.7. The van der Waals surface area contributed by atoms with Crippen molar-refractivity contribution in [2.45, 2.75) is 6.54 Å². The molecule has 0 unspecified atom stereocenters. The Morgan fingerprint density at radius 3 is 2.62 bits per heavy atom. The molecule has 0 aliphatic carbocycles. The highest BCUT2D eigenvalue weighted by atomic mass is 35.5. The van der Waals surface area contributed by atoms with Gasteiger partial charge in [0, 0.05) is 16.4 Å². The van der Waals surface area contributed by atoms with Crippen molar-refractivity contribution in [1.82, 2.24) is 0 Å². The van der Waals surface area contributed by atoms with Gasteiger partial charge < -0.3 is 11.1 Å². The van der Waals surface area contributed by atoms with E-state index in [0.29, 0.717) is 17.3 Å². The number of nitrogens with one attached hydrogen (secondary N) is 1. The molecule has 0 amide bonds. The molecule has 16 heavy (non-hydrogen) atoms. The number of anilines is 2. The summed E-state index contributed by atoms with van der Waals surface area (Å²) >= 11 is 13.2. The van der Waals surface area contributed by atoms with Crippen LogP contribution in [-0.4, -0.2) is 0 Å². The van der Waals surface area contributed by atoms with Crippen molar-refractivity contribution in [3.05, 3.63) is 44.6 Å². The summed E-state index contributed by atoms with van der Waals surface area (Å²) in [6.45, 7) is 0.712. The van der Waals surface area contributed by atoms with E-state index in [1.165, 1.54) is 4.88 Å². The lowest BCUT2D eigenvalue weighted by Crippen LogP contribution is -2.00. The molecule has 0 saturated carbocycles. The highest BCUT2D eigenvalue weighted by molar-refractivity contribution is 7.16. The normalized spacial score (nSPS) is 10.4. The van der Waals surface area contributed by atoms with Crippen LogP contribution in [0.3, 0.4) is 0 Å². The third kappa shape index (κ3) is 2.82. The maximum absolute atomic E-state index is 5.84. The lowest BCUT2D eigenvalue weighted by atomic mass is 10.2. The van der Waals surface area contributed by atoms with Crippen LogP contribution in [0.15, 0.2) is 30.3 Å². The fraction of sp³-hybridized carbons (Fsp3) is 0.0909. The number of hydrogen-bond donors (Lipinski definition) is 2. The number of nitrogen functional groups attached to an aromatic ring is 1. The Kier molecular flexibility index (Phi) is 3.59. The quantitative estimate of drug-likeness (QED) is 0.820. The van der Waals surface area contributed by atoms with Gasteiger partial charge in [0.25, 0.3) is 0 Å². The van der Waals surface area contributed by atoms with Gasteiger partial charge in [-0.05, 0) is 30.3 Å². The molecule has 0 saturated heterocycles. The summed E-state index contributed by atoms with van der Waals surface area (Å²) in [7, 11) is 0. The zero-order chi connectivity index (χ0) is 11.5. The van der Waals surface area contributed by atoms with E-state index in [0.717, 1.165) is 10.0 Å². The first kappa shape index (κ1) is 11.6. The second-order valence-electron chi connectivity index (χ2n) is 3.29. The van der Waals surface area contributed by atoms with Crippen LogP contribution >= 0.6 is 34.5 Å². The molecular formula is C11H10Cl2N2S.